The number of nitrogens with one attached hydrogen (secondary N) is 1. The number of amides is 1. The number of hydrogen-bond donors (Lipinski definition) is 2. The van der Waals surface area contributed by atoms with Gasteiger partial charge in [-0.05, 0) is 30.9 Å². The molecule has 2 N–H and O–H groups in total. The summed E-state index contributed by atoms with van der Waals surface area (Å²) < 4.78 is 0. The molecule has 1 aromatic carbocycles. The molecule has 1 fully saturated rings. The zero-order valence-electron chi connectivity index (χ0n) is 14.9. The van der Waals surface area contributed by atoms with E-state index in [1.54, 1.807) is 11.0 Å². The minimum Gasteiger partial charge on any atom is -0.391 e. The zero-order chi connectivity index (χ0) is 18.4. The molecule has 138 valence electrons. The van der Waals surface area contributed by atoms with Crippen molar-refractivity contribution in [2.45, 2.75) is 45.6 Å². The number of carbonyl (C=O) groups excluding carboxylic acids is 1. The number of nitro benzene ring substituents is 1. The Morgan fingerprint density at radius 3 is 2.52 bits per heavy atom. The first-order chi connectivity index (χ1) is 12.0. The van der Waals surface area contributed by atoms with Gasteiger partial charge in [0.1, 0.15) is 5.56 Å². The summed E-state index contributed by atoms with van der Waals surface area (Å²) in [4.78, 5) is 25.0. The fourth-order valence-electron chi connectivity index (χ4n) is 3.29. The van der Waals surface area contributed by atoms with Crippen LogP contribution in [0.3, 0.4) is 0 Å². The van der Waals surface area contributed by atoms with E-state index in [1.165, 1.54) is 12.1 Å². The van der Waals surface area contributed by atoms with Crippen molar-refractivity contribution in [1.29, 1.82) is 0 Å². The highest BCUT2D eigenvalue weighted by molar-refractivity contribution is 5.99. The third kappa shape index (κ3) is 4.69. The molecule has 7 heteroatoms. The molecule has 1 aliphatic heterocycles. The second-order valence-electron chi connectivity index (χ2n) is 6.51. The summed E-state index contributed by atoms with van der Waals surface area (Å²) in [6.45, 7) is 5.70. The largest absolute Gasteiger partial charge is 0.391 e. The average molecular weight is 349 g/mol. The molecule has 1 heterocycles. The summed E-state index contributed by atoms with van der Waals surface area (Å²) in [5.41, 5.74) is 0.537. The molecule has 0 spiro atoms. The Morgan fingerprint density at radius 2 is 1.96 bits per heavy atom. The number of rotatable bonds is 8. The molecular formula is C18H27N3O4. The van der Waals surface area contributed by atoms with Gasteiger partial charge in [0.15, 0.2) is 0 Å². The van der Waals surface area contributed by atoms with Crippen LogP contribution in [0.2, 0.25) is 0 Å². The summed E-state index contributed by atoms with van der Waals surface area (Å²) in [6.07, 6.45) is 3.14. The van der Waals surface area contributed by atoms with E-state index >= 15 is 0 Å². The first kappa shape index (κ1) is 19.2. The van der Waals surface area contributed by atoms with Gasteiger partial charge in [-0.25, -0.2) is 0 Å². The lowest BCUT2D eigenvalue weighted by Gasteiger charge is -2.21. The first-order valence-corrected chi connectivity index (χ1v) is 8.97. The molecule has 1 unspecified atom stereocenters. The van der Waals surface area contributed by atoms with Gasteiger partial charge in [0.05, 0.1) is 11.0 Å². The molecule has 0 aliphatic carbocycles. The minimum atomic E-state index is -0.522. The van der Waals surface area contributed by atoms with Gasteiger partial charge in [-0.1, -0.05) is 26.7 Å². The second-order valence-corrected chi connectivity index (χ2v) is 6.51. The molecule has 2 rings (SSSR count). The summed E-state index contributed by atoms with van der Waals surface area (Å²) in [7, 11) is 0. The van der Waals surface area contributed by atoms with Crippen LogP contribution in [-0.2, 0) is 0 Å². The number of hydrogen-bond acceptors (Lipinski definition) is 5. The minimum absolute atomic E-state index is 0.105. The Hall–Kier alpha value is -2.15. The summed E-state index contributed by atoms with van der Waals surface area (Å²) in [5, 5.41) is 24.6. The van der Waals surface area contributed by atoms with Crippen LogP contribution >= 0.6 is 0 Å². The van der Waals surface area contributed by atoms with E-state index in [9.17, 15) is 20.0 Å². The second kappa shape index (κ2) is 8.80. The fraction of sp³-hybridized carbons (Fsp3) is 0.611. The Balaban J connectivity index is 2.16. The van der Waals surface area contributed by atoms with Gasteiger partial charge in [-0.3, -0.25) is 14.9 Å². The van der Waals surface area contributed by atoms with Crippen LogP contribution < -0.4 is 5.32 Å². The van der Waals surface area contributed by atoms with Crippen molar-refractivity contribution in [2.24, 2.45) is 5.92 Å². The lowest BCUT2D eigenvalue weighted by molar-refractivity contribution is -0.385. The van der Waals surface area contributed by atoms with Crippen molar-refractivity contribution in [1.82, 2.24) is 4.90 Å². The van der Waals surface area contributed by atoms with Crippen LogP contribution in [-0.4, -0.2) is 46.6 Å². The van der Waals surface area contributed by atoms with Crippen LogP contribution in [0.25, 0.3) is 0 Å². The number of aliphatic hydroxyl groups is 1. The molecular weight excluding hydrogens is 322 g/mol. The van der Waals surface area contributed by atoms with Crippen molar-refractivity contribution in [3.05, 3.63) is 33.9 Å². The van der Waals surface area contributed by atoms with Crippen LogP contribution in [0, 0.1) is 16.0 Å². The van der Waals surface area contributed by atoms with Crippen LogP contribution in [0.1, 0.15) is 49.9 Å². The van der Waals surface area contributed by atoms with Gasteiger partial charge >= 0.3 is 0 Å². The fourth-order valence-corrected chi connectivity index (χ4v) is 3.29. The Morgan fingerprint density at radius 1 is 1.32 bits per heavy atom. The van der Waals surface area contributed by atoms with E-state index in [0.717, 1.165) is 25.7 Å². The Bertz CT molecular complexity index is 610. The standard InChI is InChI=1S/C18H27N3O4/c1-3-13(4-2)17(22)12-19-14-7-8-16(21(24)25)15(11-14)18(23)20-9-5-6-10-20/h7-8,11,13,17,19,22H,3-6,9-10,12H2,1-2H3. The van der Waals surface area contributed by atoms with Crippen LogP contribution in [0.5, 0.6) is 0 Å². The van der Waals surface area contributed by atoms with Gasteiger partial charge in [-0.15, -0.1) is 0 Å². The van der Waals surface area contributed by atoms with Gasteiger partial charge in [0, 0.05) is 31.4 Å². The topological polar surface area (TPSA) is 95.7 Å². The highest BCUT2D eigenvalue weighted by atomic mass is 16.6. The van der Waals surface area contributed by atoms with Crippen molar-refractivity contribution < 1.29 is 14.8 Å². The maximum Gasteiger partial charge on any atom is 0.282 e. The monoisotopic (exact) mass is 349 g/mol. The Labute approximate surface area is 148 Å². The molecule has 7 nitrogen and oxygen atoms in total. The normalized spacial score (nSPS) is 15.4. The SMILES string of the molecule is CCC(CC)C(O)CNc1ccc([N+](=O)[O-])c(C(=O)N2CCCC2)c1. The molecule has 1 aromatic rings. The molecule has 0 aromatic heterocycles. The number of anilines is 1. The molecule has 0 saturated carbocycles. The van der Waals surface area contributed by atoms with E-state index in [2.05, 4.69) is 5.32 Å². The maximum absolute atomic E-state index is 12.6. The molecule has 1 atom stereocenters. The van der Waals surface area contributed by atoms with E-state index in [-0.39, 0.29) is 23.1 Å². The van der Waals surface area contributed by atoms with E-state index in [1.807, 2.05) is 13.8 Å². The quantitative estimate of drug-likeness (QED) is 0.555. The highest BCUT2D eigenvalue weighted by Gasteiger charge is 2.27. The molecule has 1 aliphatic rings. The lowest BCUT2D eigenvalue weighted by atomic mass is 9.96. The van der Waals surface area contributed by atoms with Crippen molar-refractivity contribution in [2.75, 3.05) is 25.0 Å². The predicted octanol–water partition coefficient (Wildman–Crippen LogP) is 3.04. The molecule has 0 radical (unpaired) electrons. The number of nitrogens with zero attached hydrogens (tertiary/aromatic N) is 2. The van der Waals surface area contributed by atoms with Crippen LogP contribution in [0.15, 0.2) is 18.2 Å². The first-order valence-electron chi connectivity index (χ1n) is 8.97. The smallest absolute Gasteiger partial charge is 0.282 e. The van der Waals surface area contributed by atoms with Gasteiger partial charge < -0.3 is 15.3 Å². The molecule has 25 heavy (non-hydrogen) atoms. The van der Waals surface area contributed by atoms with Crippen molar-refractivity contribution >= 4 is 17.3 Å². The molecule has 1 saturated heterocycles. The number of aliphatic hydroxyl groups excluding tert-OH is 1. The number of carbonyl (C=O) groups is 1. The van der Waals surface area contributed by atoms with Gasteiger partial charge in [0.25, 0.3) is 11.6 Å². The number of likely N-dealkylation sites (tertiary alicyclic amines) is 1. The third-order valence-corrected chi connectivity index (χ3v) is 4.93. The molecule has 1 amide bonds. The summed E-state index contributed by atoms with van der Waals surface area (Å²) in [5.74, 6) is -0.0929. The summed E-state index contributed by atoms with van der Waals surface area (Å²) >= 11 is 0. The lowest BCUT2D eigenvalue weighted by Crippen LogP contribution is -2.29. The number of benzene rings is 1. The van der Waals surface area contributed by atoms with Crippen LogP contribution in [0.4, 0.5) is 11.4 Å². The summed E-state index contributed by atoms with van der Waals surface area (Å²) in [6, 6.07) is 4.46. The third-order valence-electron chi connectivity index (χ3n) is 4.93. The van der Waals surface area contributed by atoms with E-state index in [4.69, 9.17) is 0 Å². The Kier molecular flexibility index (Phi) is 6.75. The number of nitro groups is 1. The zero-order valence-corrected chi connectivity index (χ0v) is 14.9. The maximum atomic E-state index is 12.6. The van der Waals surface area contributed by atoms with E-state index < -0.39 is 11.0 Å². The van der Waals surface area contributed by atoms with Gasteiger partial charge in [-0.2, -0.15) is 0 Å². The van der Waals surface area contributed by atoms with Gasteiger partial charge in [0.2, 0.25) is 0 Å². The van der Waals surface area contributed by atoms with Crippen molar-refractivity contribution in [3.63, 3.8) is 0 Å². The molecule has 0 bridgehead atoms. The predicted molar refractivity (Wildman–Crippen MR) is 96.8 cm³/mol. The van der Waals surface area contributed by atoms with Crippen molar-refractivity contribution in [3.8, 4) is 0 Å². The van der Waals surface area contributed by atoms with E-state index in [0.29, 0.717) is 25.3 Å². The average Bonchev–Trinajstić information content (AvgIpc) is 3.14. The highest BCUT2D eigenvalue weighted by Crippen LogP contribution is 2.26.